The molecule has 1 aliphatic carbocycles. The molecule has 0 bridgehead atoms. The van der Waals surface area contributed by atoms with Crippen LogP contribution in [0.2, 0.25) is 0 Å². The van der Waals surface area contributed by atoms with Gasteiger partial charge in [0.2, 0.25) is 0 Å². The third kappa shape index (κ3) is 3.62. The Morgan fingerprint density at radius 1 is 1.30 bits per heavy atom. The van der Waals surface area contributed by atoms with Crippen molar-refractivity contribution in [3.05, 3.63) is 47.9 Å². The predicted molar refractivity (Wildman–Crippen MR) is 90.8 cm³/mol. The summed E-state index contributed by atoms with van der Waals surface area (Å²) in [4.78, 5) is 19.5. The van der Waals surface area contributed by atoms with E-state index in [-0.39, 0.29) is 0 Å². The topological polar surface area (TPSA) is 67.0 Å². The summed E-state index contributed by atoms with van der Waals surface area (Å²) < 4.78 is 5.27. The summed E-state index contributed by atoms with van der Waals surface area (Å²) in [5, 5.41) is 2.81. The van der Waals surface area contributed by atoms with Gasteiger partial charge in [0.15, 0.2) is 0 Å². The van der Waals surface area contributed by atoms with Crippen molar-refractivity contribution in [2.75, 3.05) is 0 Å². The number of aromatic nitrogens is 2. The molecule has 0 radical (unpaired) electrons. The van der Waals surface area contributed by atoms with E-state index in [1.807, 2.05) is 51.3 Å². The van der Waals surface area contributed by atoms with Crippen LogP contribution < -0.4 is 5.32 Å². The van der Waals surface area contributed by atoms with Crippen LogP contribution in [-0.2, 0) is 4.74 Å². The molecule has 2 N–H and O–H groups in total. The Kier molecular flexibility index (Phi) is 3.94. The minimum absolute atomic E-state index is 0.408. The van der Waals surface area contributed by atoms with E-state index in [0.717, 1.165) is 35.1 Å². The molecule has 0 spiro atoms. The Labute approximate surface area is 135 Å². The van der Waals surface area contributed by atoms with Gasteiger partial charge >= 0.3 is 6.09 Å². The van der Waals surface area contributed by atoms with E-state index in [1.54, 1.807) is 6.20 Å². The molecule has 120 valence electrons. The van der Waals surface area contributed by atoms with Crippen LogP contribution in [0.4, 0.5) is 4.79 Å². The van der Waals surface area contributed by atoms with Gasteiger partial charge in [0.25, 0.3) is 0 Å². The van der Waals surface area contributed by atoms with E-state index >= 15 is 0 Å². The molecule has 0 fully saturated rings. The highest BCUT2D eigenvalue weighted by atomic mass is 16.6. The Morgan fingerprint density at radius 2 is 2.13 bits per heavy atom. The van der Waals surface area contributed by atoms with Gasteiger partial charge in [-0.3, -0.25) is 10.3 Å². The van der Waals surface area contributed by atoms with Crippen LogP contribution in [0.1, 0.15) is 39.2 Å². The number of alkyl carbamates (subject to hydrolysis) is 1. The average molecular weight is 311 g/mol. The zero-order chi connectivity index (χ0) is 16.4. The Morgan fingerprint density at radius 3 is 2.83 bits per heavy atom. The van der Waals surface area contributed by atoms with Crippen molar-refractivity contribution in [3.8, 4) is 0 Å². The number of fused-ring (bicyclic) bond motifs is 1. The van der Waals surface area contributed by atoms with Crippen LogP contribution in [0.3, 0.4) is 0 Å². The average Bonchev–Trinajstić information content (AvgIpc) is 2.90. The Bertz CT molecular complexity index is 794. The van der Waals surface area contributed by atoms with E-state index in [4.69, 9.17) is 4.74 Å². The number of nitrogens with one attached hydrogen (secondary N) is 2. The lowest BCUT2D eigenvalue weighted by Crippen LogP contribution is -2.32. The third-order valence-corrected chi connectivity index (χ3v) is 3.59. The monoisotopic (exact) mass is 311 g/mol. The number of aromatic amines is 1. The molecule has 2 aromatic heterocycles. The largest absolute Gasteiger partial charge is 0.444 e. The van der Waals surface area contributed by atoms with E-state index in [2.05, 4.69) is 15.3 Å². The summed E-state index contributed by atoms with van der Waals surface area (Å²) in [7, 11) is 0. The summed E-state index contributed by atoms with van der Waals surface area (Å²) in [6.45, 7) is 5.55. The zero-order valence-electron chi connectivity index (χ0n) is 13.6. The fourth-order valence-electron chi connectivity index (χ4n) is 2.60. The first-order chi connectivity index (χ1) is 10.9. The molecule has 3 rings (SSSR count). The van der Waals surface area contributed by atoms with E-state index in [9.17, 15) is 4.79 Å². The number of amides is 1. The highest BCUT2D eigenvalue weighted by Gasteiger charge is 2.18. The van der Waals surface area contributed by atoms with Crippen molar-refractivity contribution < 1.29 is 9.53 Å². The van der Waals surface area contributed by atoms with Gasteiger partial charge in [-0.1, -0.05) is 6.08 Å². The SMILES string of the molecule is CC(C)(C)OC(=O)NC1=CC=C(c2c[nH]c3cccnc23)CC1. The molecule has 5 heteroatoms. The van der Waals surface area contributed by atoms with Gasteiger partial charge in [-0.2, -0.15) is 0 Å². The van der Waals surface area contributed by atoms with E-state index < -0.39 is 11.7 Å². The zero-order valence-corrected chi connectivity index (χ0v) is 13.6. The lowest BCUT2D eigenvalue weighted by atomic mass is 9.97. The fourth-order valence-corrected chi connectivity index (χ4v) is 2.60. The van der Waals surface area contributed by atoms with Crippen molar-refractivity contribution in [2.24, 2.45) is 0 Å². The number of carbonyl (C=O) groups is 1. The van der Waals surface area contributed by atoms with Gasteiger partial charge < -0.3 is 9.72 Å². The maximum atomic E-state index is 11.8. The lowest BCUT2D eigenvalue weighted by molar-refractivity contribution is 0.0544. The Hall–Kier alpha value is -2.56. The number of ether oxygens (including phenoxy) is 1. The number of rotatable bonds is 2. The number of hydrogen-bond acceptors (Lipinski definition) is 3. The van der Waals surface area contributed by atoms with Crippen LogP contribution in [0.5, 0.6) is 0 Å². The maximum absolute atomic E-state index is 11.8. The van der Waals surface area contributed by atoms with E-state index in [1.165, 1.54) is 5.57 Å². The molecular weight excluding hydrogens is 290 g/mol. The second-order valence-electron chi connectivity index (χ2n) is 6.61. The molecule has 0 unspecified atom stereocenters. The number of H-pyrrole nitrogens is 1. The van der Waals surface area contributed by atoms with Gasteiger partial charge in [0.05, 0.1) is 11.0 Å². The van der Waals surface area contributed by atoms with Crippen LogP contribution >= 0.6 is 0 Å². The minimum Gasteiger partial charge on any atom is -0.444 e. The third-order valence-electron chi connectivity index (χ3n) is 3.59. The van der Waals surface area contributed by atoms with E-state index in [0.29, 0.717) is 0 Å². The molecule has 2 aromatic rings. The number of nitrogens with zero attached hydrogens (tertiary/aromatic N) is 1. The number of hydrogen-bond donors (Lipinski definition) is 2. The van der Waals surface area contributed by atoms with Crippen LogP contribution in [0.25, 0.3) is 16.6 Å². The van der Waals surface area contributed by atoms with Crippen molar-refractivity contribution in [1.82, 2.24) is 15.3 Å². The van der Waals surface area contributed by atoms with Gasteiger partial charge in [-0.05, 0) is 57.4 Å². The van der Waals surface area contributed by atoms with Crippen molar-refractivity contribution in [1.29, 1.82) is 0 Å². The molecule has 5 nitrogen and oxygen atoms in total. The molecule has 23 heavy (non-hydrogen) atoms. The molecule has 2 heterocycles. The first-order valence-corrected chi connectivity index (χ1v) is 7.74. The summed E-state index contributed by atoms with van der Waals surface area (Å²) >= 11 is 0. The fraction of sp³-hybridized carbons (Fsp3) is 0.333. The van der Waals surface area contributed by atoms with Gasteiger partial charge in [0, 0.05) is 23.7 Å². The van der Waals surface area contributed by atoms with Crippen LogP contribution in [-0.4, -0.2) is 21.7 Å². The molecule has 0 saturated heterocycles. The Balaban J connectivity index is 1.74. The highest BCUT2D eigenvalue weighted by Crippen LogP contribution is 2.30. The van der Waals surface area contributed by atoms with Crippen LogP contribution in [0, 0.1) is 0 Å². The molecular formula is C18H21N3O2. The summed E-state index contributed by atoms with van der Waals surface area (Å²) in [6.07, 6.45) is 8.97. The van der Waals surface area contributed by atoms with Crippen molar-refractivity contribution >= 4 is 22.7 Å². The van der Waals surface area contributed by atoms with Gasteiger partial charge in [-0.15, -0.1) is 0 Å². The van der Waals surface area contributed by atoms with Gasteiger partial charge in [0.1, 0.15) is 5.60 Å². The minimum atomic E-state index is -0.490. The lowest BCUT2D eigenvalue weighted by Gasteiger charge is -2.21. The summed E-state index contributed by atoms with van der Waals surface area (Å²) in [5.74, 6) is 0. The quantitative estimate of drug-likeness (QED) is 0.875. The van der Waals surface area contributed by atoms with Crippen molar-refractivity contribution in [2.45, 2.75) is 39.2 Å². The first kappa shape index (κ1) is 15.3. The second-order valence-corrected chi connectivity index (χ2v) is 6.61. The normalized spacial score (nSPS) is 15.1. The molecule has 0 saturated carbocycles. The number of pyridine rings is 1. The number of allylic oxidation sites excluding steroid dienone is 4. The highest BCUT2D eigenvalue weighted by molar-refractivity contribution is 5.90. The molecule has 0 atom stereocenters. The van der Waals surface area contributed by atoms with Crippen molar-refractivity contribution in [3.63, 3.8) is 0 Å². The first-order valence-electron chi connectivity index (χ1n) is 7.74. The molecule has 0 aliphatic heterocycles. The maximum Gasteiger partial charge on any atom is 0.411 e. The number of carbonyl (C=O) groups excluding carboxylic acids is 1. The van der Waals surface area contributed by atoms with Crippen LogP contribution in [0.15, 0.2) is 42.4 Å². The van der Waals surface area contributed by atoms with Gasteiger partial charge in [-0.25, -0.2) is 4.79 Å². The predicted octanol–water partition coefficient (Wildman–Crippen LogP) is 4.15. The summed E-state index contributed by atoms with van der Waals surface area (Å²) in [6, 6.07) is 3.93. The smallest absolute Gasteiger partial charge is 0.411 e. The molecule has 1 amide bonds. The summed E-state index contributed by atoms with van der Waals surface area (Å²) in [5.41, 5.74) is 4.73. The molecule has 0 aromatic carbocycles. The second kappa shape index (κ2) is 5.91. The molecule has 1 aliphatic rings. The standard InChI is InChI=1S/C18H21N3O2/c1-18(2,3)23-17(22)21-13-8-6-12(7-9-13)14-11-20-15-5-4-10-19-16(14)15/h4-6,8,10-11,20H,7,9H2,1-3H3,(H,21,22).